The number of nitrogens with zero attached hydrogens (tertiary/aromatic N) is 1. The van der Waals surface area contributed by atoms with Crippen LogP contribution in [0.1, 0.15) is 52.4 Å². The van der Waals surface area contributed by atoms with Gasteiger partial charge in [-0.1, -0.05) is 26.0 Å². The van der Waals surface area contributed by atoms with Crippen molar-refractivity contribution in [1.29, 1.82) is 0 Å². The first-order chi connectivity index (χ1) is 10.3. The molecule has 3 fully saturated rings. The number of carbonyl (C=O) groups is 1. The third kappa shape index (κ3) is 1.64. The maximum Gasteiger partial charge on any atom is 0.239 e. The van der Waals surface area contributed by atoms with Crippen LogP contribution in [0.4, 0.5) is 0 Å². The number of carbonyl (C=O) groups excluding carboxylic acids is 1. The Morgan fingerprint density at radius 2 is 2.00 bits per heavy atom. The first kappa shape index (κ1) is 14.7. The second-order valence-electron chi connectivity index (χ2n) is 8.24. The number of hydrogen-bond donors (Lipinski definition) is 0. The van der Waals surface area contributed by atoms with E-state index >= 15 is 0 Å². The van der Waals surface area contributed by atoms with Crippen molar-refractivity contribution < 1.29 is 13.2 Å². The fourth-order valence-corrected chi connectivity index (χ4v) is 8.37. The molecule has 1 aliphatic heterocycles. The van der Waals surface area contributed by atoms with Crippen molar-refractivity contribution in [3.05, 3.63) is 12.2 Å². The van der Waals surface area contributed by atoms with Gasteiger partial charge in [0, 0.05) is 11.3 Å². The molecule has 0 aromatic rings. The lowest BCUT2D eigenvalue weighted by Gasteiger charge is -2.37. The normalized spacial score (nSPS) is 44.3. The van der Waals surface area contributed by atoms with E-state index in [0.717, 1.165) is 32.1 Å². The summed E-state index contributed by atoms with van der Waals surface area (Å²) in [4.78, 5) is 13.0. The molecule has 2 saturated carbocycles. The number of rotatable bonds is 1. The minimum absolute atomic E-state index is 0.0340. The number of sulfonamides is 1. The molecule has 0 radical (unpaired) electrons. The summed E-state index contributed by atoms with van der Waals surface area (Å²) < 4.78 is 27.0. The Kier molecular flexibility index (Phi) is 2.93. The highest BCUT2D eigenvalue weighted by atomic mass is 32.2. The molecular weight excluding hydrogens is 298 g/mol. The van der Waals surface area contributed by atoms with E-state index < -0.39 is 10.0 Å². The van der Waals surface area contributed by atoms with Crippen LogP contribution in [0.15, 0.2) is 12.2 Å². The summed E-state index contributed by atoms with van der Waals surface area (Å²) in [5.74, 6) is 0.476. The van der Waals surface area contributed by atoms with Crippen molar-refractivity contribution in [3.8, 4) is 0 Å². The van der Waals surface area contributed by atoms with Crippen LogP contribution in [0.3, 0.4) is 0 Å². The molecule has 5 heteroatoms. The molecule has 1 spiro atoms. The average molecular weight is 323 g/mol. The minimum Gasteiger partial charge on any atom is -0.273 e. The lowest BCUT2D eigenvalue weighted by Crippen LogP contribution is -2.46. The number of fused-ring (bicyclic) bond motifs is 1. The van der Waals surface area contributed by atoms with Crippen molar-refractivity contribution >= 4 is 15.9 Å². The summed E-state index contributed by atoms with van der Waals surface area (Å²) in [6.07, 6.45) is 9.43. The maximum atomic E-state index is 13.0. The highest BCUT2D eigenvalue weighted by Crippen LogP contribution is 2.70. The molecule has 0 aromatic heterocycles. The van der Waals surface area contributed by atoms with Gasteiger partial charge in [-0.05, 0) is 49.9 Å². The third-order valence-electron chi connectivity index (χ3n) is 7.25. The van der Waals surface area contributed by atoms with E-state index in [4.69, 9.17) is 0 Å². The van der Waals surface area contributed by atoms with E-state index in [1.165, 1.54) is 4.31 Å². The molecule has 2 bridgehead atoms. The SMILES string of the molecule is CC1(C)[C@@H]2CC[C@]13CS(=O)(=O)N(C(=O)[C@@H]1CC=CCC1)[C@@H]3C2. The zero-order valence-electron chi connectivity index (χ0n) is 13.4. The van der Waals surface area contributed by atoms with Crippen LogP contribution in [-0.4, -0.2) is 30.4 Å². The first-order valence-corrected chi connectivity index (χ1v) is 10.1. The van der Waals surface area contributed by atoms with Crippen molar-refractivity contribution in [2.45, 2.75) is 58.4 Å². The molecule has 0 N–H and O–H groups in total. The first-order valence-electron chi connectivity index (χ1n) is 8.50. The third-order valence-corrected chi connectivity index (χ3v) is 9.16. The summed E-state index contributed by atoms with van der Waals surface area (Å²) >= 11 is 0. The molecule has 122 valence electrons. The molecule has 4 nitrogen and oxygen atoms in total. The Morgan fingerprint density at radius 3 is 2.64 bits per heavy atom. The zero-order chi connectivity index (χ0) is 15.8. The molecule has 1 amide bonds. The van der Waals surface area contributed by atoms with Gasteiger partial charge in [-0.15, -0.1) is 0 Å². The van der Waals surface area contributed by atoms with Crippen LogP contribution in [0.2, 0.25) is 0 Å². The molecule has 1 heterocycles. The molecule has 22 heavy (non-hydrogen) atoms. The highest BCUT2D eigenvalue weighted by Gasteiger charge is 2.72. The minimum atomic E-state index is -3.45. The Bertz CT molecular complexity index is 651. The quantitative estimate of drug-likeness (QED) is 0.697. The Balaban J connectivity index is 1.72. The molecule has 0 unspecified atom stereocenters. The van der Waals surface area contributed by atoms with Gasteiger partial charge in [0.15, 0.2) is 0 Å². The molecule has 4 atom stereocenters. The zero-order valence-corrected chi connectivity index (χ0v) is 14.2. The van der Waals surface area contributed by atoms with Crippen molar-refractivity contribution in [2.24, 2.45) is 22.7 Å². The number of amides is 1. The van der Waals surface area contributed by atoms with Crippen LogP contribution in [0, 0.1) is 22.7 Å². The lowest BCUT2D eigenvalue weighted by molar-refractivity contribution is -0.133. The fourth-order valence-electron chi connectivity index (χ4n) is 5.78. The predicted molar refractivity (Wildman–Crippen MR) is 84.5 cm³/mol. The van der Waals surface area contributed by atoms with Gasteiger partial charge in [0.05, 0.1) is 11.8 Å². The standard InChI is InChI=1S/C17H25NO3S/c1-16(2)13-8-9-17(16)11-22(20,21)18(14(17)10-13)15(19)12-6-4-3-5-7-12/h3-4,12-14H,5-11H2,1-2H3/t12-,13-,14-,17-/m1/s1. The molecule has 0 aromatic carbocycles. The molecule has 4 rings (SSSR count). The smallest absolute Gasteiger partial charge is 0.239 e. The van der Waals surface area contributed by atoms with E-state index in [2.05, 4.69) is 19.9 Å². The predicted octanol–water partition coefficient (Wildman–Crippen LogP) is 2.71. The highest BCUT2D eigenvalue weighted by molar-refractivity contribution is 7.90. The lowest BCUT2D eigenvalue weighted by atomic mass is 9.69. The van der Waals surface area contributed by atoms with Crippen molar-refractivity contribution in [3.63, 3.8) is 0 Å². The van der Waals surface area contributed by atoms with Gasteiger partial charge in [0.25, 0.3) is 0 Å². The van der Waals surface area contributed by atoms with E-state index in [0.29, 0.717) is 12.3 Å². The summed E-state index contributed by atoms with van der Waals surface area (Å²) in [6, 6.07) is -0.0790. The van der Waals surface area contributed by atoms with Gasteiger partial charge in [0.1, 0.15) is 0 Å². The molecular formula is C17H25NO3S. The van der Waals surface area contributed by atoms with Crippen molar-refractivity contribution in [2.75, 3.05) is 5.75 Å². The number of allylic oxidation sites excluding steroid dienone is 2. The van der Waals surface area contributed by atoms with E-state index in [1.54, 1.807) is 0 Å². The Labute approximate surface area is 133 Å². The summed E-state index contributed by atoms with van der Waals surface area (Å²) in [5, 5.41) is 0. The summed E-state index contributed by atoms with van der Waals surface area (Å²) in [5.41, 5.74) is -0.164. The van der Waals surface area contributed by atoms with Gasteiger partial charge in [-0.25, -0.2) is 12.7 Å². The second kappa shape index (κ2) is 4.37. The van der Waals surface area contributed by atoms with Gasteiger partial charge < -0.3 is 0 Å². The van der Waals surface area contributed by atoms with Gasteiger partial charge in [-0.2, -0.15) is 0 Å². The topological polar surface area (TPSA) is 54.5 Å². The van der Waals surface area contributed by atoms with Crippen LogP contribution in [-0.2, 0) is 14.8 Å². The van der Waals surface area contributed by atoms with E-state index in [9.17, 15) is 13.2 Å². The van der Waals surface area contributed by atoms with Crippen molar-refractivity contribution in [1.82, 2.24) is 4.31 Å². The van der Waals surface area contributed by atoms with Gasteiger partial charge >= 0.3 is 0 Å². The summed E-state index contributed by atoms with van der Waals surface area (Å²) in [6.45, 7) is 4.44. The average Bonchev–Trinajstić information content (AvgIpc) is 2.94. The number of hydrogen-bond acceptors (Lipinski definition) is 3. The molecule has 1 saturated heterocycles. The molecule has 4 aliphatic rings. The van der Waals surface area contributed by atoms with Gasteiger partial charge in [-0.3, -0.25) is 4.79 Å². The second-order valence-corrected chi connectivity index (χ2v) is 10.1. The largest absolute Gasteiger partial charge is 0.273 e. The van der Waals surface area contributed by atoms with E-state index in [1.807, 2.05) is 6.08 Å². The van der Waals surface area contributed by atoms with E-state index in [-0.39, 0.29) is 34.4 Å². The van der Waals surface area contributed by atoms with Crippen LogP contribution in [0.5, 0.6) is 0 Å². The van der Waals surface area contributed by atoms with Gasteiger partial charge in [0.2, 0.25) is 15.9 Å². The fraction of sp³-hybridized carbons (Fsp3) is 0.824. The van der Waals surface area contributed by atoms with Crippen LogP contribution in [0.25, 0.3) is 0 Å². The molecule has 3 aliphatic carbocycles. The summed E-state index contributed by atoms with van der Waals surface area (Å²) in [7, 11) is -3.45. The Morgan fingerprint density at radius 1 is 1.23 bits per heavy atom. The van der Waals surface area contributed by atoms with Crippen LogP contribution >= 0.6 is 0 Å². The maximum absolute atomic E-state index is 13.0. The van der Waals surface area contributed by atoms with Crippen LogP contribution < -0.4 is 0 Å². The monoisotopic (exact) mass is 323 g/mol. The Hall–Kier alpha value is -0.840.